The van der Waals surface area contributed by atoms with Crippen LogP contribution >= 0.6 is 7.26 Å². The molecule has 41 heavy (non-hydrogen) atoms. The molecule has 0 amide bonds. The van der Waals surface area contributed by atoms with Crippen molar-refractivity contribution in [2.75, 3.05) is 31.8 Å². The van der Waals surface area contributed by atoms with Crippen molar-refractivity contribution in [3.8, 4) is 11.5 Å². The minimum absolute atomic E-state index is 0.462. The van der Waals surface area contributed by atoms with Crippen molar-refractivity contribution in [3.63, 3.8) is 0 Å². The molecule has 0 aromatic heterocycles. The number of phenolic OH excluding ortho intramolecular Hbond substituents is 1. The lowest BCUT2D eigenvalue weighted by Crippen LogP contribution is -2.54. The summed E-state index contributed by atoms with van der Waals surface area (Å²) in [6.45, 7) is 9.24. The summed E-state index contributed by atoms with van der Waals surface area (Å²) >= 11 is 0. The zero-order valence-electron chi connectivity index (χ0n) is 24.7. The van der Waals surface area contributed by atoms with E-state index in [0.717, 1.165) is 12.1 Å². The van der Waals surface area contributed by atoms with Crippen molar-refractivity contribution in [1.82, 2.24) is 0 Å². The van der Waals surface area contributed by atoms with E-state index in [-0.39, 0.29) is 0 Å². The third-order valence-electron chi connectivity index (χ3n) is 7.44. The Kier molecular flexibility index (Phi) is 15.0. The number of hydrogen-bond donors (Lipinski definition) is 1. The molecule has 0 aliphatic rings. The Hall–Kier alpha value is -1.99. The number of hydrogen-bond acceptors (Lipinski definition) is 3. The van der Waals surface area contributed by atoms with Crippen LogP contribution in [-0.4, -0.2) is 55.3 Å². The minimum Gasteiger partial charge on any atom is -0.872 e. The van der Waals surface area contributed by atoms with Gasteiger partial charge >= 0.3 is 12.4 Å². The summed E-state index contributed by atoms with van der Waals surface area (Å²) in [5.41, 5.74) is -6.53. The molecule has 234 valence electrons. The van der Waals surface area contributed by atoms with E-state index in [1.165, 1.54) is 63.2 Å². The van der Waals surface area contributed by atoms with Gasteiger partial charge in [0.05, 0.1) is 30.8 Å². The van der Waals surface area contributed by atoms with E-state index in [2.05, 4.69) is 27.7 Å². The molecule has 2 aromatic carbocycles. The SMILES string of the molecule is CCCC[P+](CCCC)(CCCC)CC(C)OC.[O-]c1ccc(C(c2ccc(O)cc2)(C(F)(F)F)C(F)(F)F)cc1. The quantitative estimate of drug-likeness (QED) is 0.171. The number of rotatable bonds is 14. The Bertz CT molecular complexity index is 908. The van der Waals surface area contributed by atoms with Crippen molar-refractivity contribution in [3.05, 3.63) is 59.7 Å². The molecule has 10 heteroatoms. The first kappa shape index (κ1) is 37.0. The summed E-state index contributed by atoms with van der Waals surface area (Å²) in [5, 5.41) is 20.2. The molecule has 0 spiro atoms. The van der Waals surface area contributed by atoms with Gasteiger partial charge in [-0.15, -0.1) is 5.75 Å². The van der Waals surface area contributed by atoms with E-state index in [9.17, 15) is 31.4 Å². The van der Waals surface area contributed by atoms with Crippen LogP contribution in [0, 0.1) is 0 Å². The van der Waals surface area contributed by atoms with Gasteiger partial charge in [0.1, 0.15) is 5.75 Å². The summed E-state index contributed by atoms with van der Waals surface area (Å²) < 4.78 is 87.1. The van der Waals surface area contributed by atoms with Gasteiger partial charge in [-0.25, -0.2) is 0 Å². The molecule has 1 atom stereocenters. The van der Waals surface area contributed by atoms with Gasteiger partial charge in [0.2, 0.25) is 5.41 Å². The van der Waals surface area contributed by atoms with Crippen LogP contribution < -0.4 is 5.11 Å². The maximum absolute atomic E-state index is 13.6. The molecule has 0 saturated carbocycles. The van der Waals surface area contributed by atoms with Crippen LogP contribution in [0.2, 0.25) is 0 Å². The molecule has 0 fully saturated rings. The summed E-state index contributed by atoms with van der Waals surface area (Å²) in [5.74, 6) is -1.18. The van der Waals surface area contributed by atoms with Crippen molar-refractivity contribution in [1.29, 1.82) is 0 Å². The molecule has 3 nitrogen and oxygen atoms in total. The number of alkyl halides is 6. The summed E-state index contributed by atoms with van der Waals surface area (Å²) in [6, 6.07) is 4.90. The zero-order chi connectivity index (χ0) is 31.3. The number of phenols is 1. The van der Waals surface area contributed by atoms with Crippen LogP contribution in [-0.2, 0) is 10.2 Å². The molecule has 0 aliphatic carbocycles. The predicted molar refractivity (Wildman–Crippen MR) is 154 cm³/mol. The maximum Gasteiger partial charge on any atom is 0.411 e. The Labute approximate surface area is 241 Å². The van der Waals surface area contributed by atoms with Crippen molar-refractivity contribution >= 4 is 7.26 Å². The number of methoxy groups -OCH3 is 1. The summed E-state index contributed by atoms with van der Waals surface area (Å²) in [7, 11) is 1.13. The second-order valence-electron chi connectivity index (χ2n) is 10.6. The molecule has 0 heterocycles. The van der Waals surface area contributed by atoms with Crippen LogP contribution in [0.25, 0.3) is 0 Å². The van der Waals surface area contributed by atoms with Crippen LogP contribution in [0.3, 0.4) is 0 Å². The smallest absolute Gasteiger partial charge is 0.411 e. The van der Waals surface area contributed by atoms with Gasteiger partial charge < -0.3 is 14.9 Å². The van der Waals surface area contributed by atoms with Gasteiger partial charge in [-0.3, -0.25) is 0 Å². The first-order valence-corrected chi connectivity index (χ1v) is 16.7. The van der Waals surface area contributed by atoms with Gasteiger partial charge in [0.15, 0.2) is 0 Å². The number of aromatic hydroxyl groups is 1. The van der Waals surface area contributed by atoms with E-state index in [1.807, 2.05) is 7.11 Å². The molecule has 2 aromatic rings. The Morgan fingerprint density at radius 2 is 1.10 bits per heavy atom. The molecular formula is C31H45F6O3P. The highest BCUT2D eigenvalue weighted by molar-refractivity contribution is 7.75. The fourth-order valence-electron chi connectivity index (χ4n) is 5.11. The average Bonchev–Trinajstić information content (AvgIpc) is 2.90. The largest absolute Gasteiger partial charge is 0.872 e. The molecule has 2 rings (SSSR count). The standard InChI is InChI=1S/C16H36OP.C15H10F6O2/c1-6-9-12-18(13-10-7-2,14-11-8-3)15-16(4)17-5;16-14(17,18)13(15(19,20)21,9-1-5-11(22)6-2-9)10-3-7-12(23)8-4-10/h16H,6-15H2,1-5H3;1-8,22-23H/q+1;/p-1. The van der Waals surface area contributed by atoms with Crippen molar-refractivity contribution in [2.45, 2.75) is 90.1 Å². The van der Waals surface area contributed by atoms with Crippen LogP contribution in [0.1, 0.15) is 77.3 Å². The second-order valence-corrected chi connectivity index (χ2v) is 15.0. The average molecular weight is 611 g/mol. The van der Waals surface area contributed by atoms with Crippen molar-refractivity contribution < 1.29 is 41.3 Å². The minimum atomic E-state index is -5.72. The van der Waals surface area contributed by atoms with E-state index in [4.69, 9.17) is 9.84 Å². The lowest BCUT2D eigenvalue weighted by Gasteiger charge is -2.38. The Balaban J connectivity index is 0.000000425. The number of unbranched alkanes of at least 4 members (excludes halogenated alkanes) is 3. The molecule has 0 radical (unpaired) electrons. The molecule has 1 N–H and O–H groups in total. The molecule has 1 unspecified atom stereocenters. The zero-order valence-corrected chi connectivity index (χ0v) is 25.6. The third-order valence-corrected chi connectivity index (χ3v) is 12.5. The second kappa shape index (κ2) is 16.6. The van der Waals surface area contributed by atoms with Gasteiger partial charge in [-0.05, 0) is 49.4 Å². The maximum atomic E-state index is 13.6. The normalized spacial score (nSPS) is 13.4. The van der Waals surface area contributed by atoms with E-state index >= 15 is 0 Å². The fourth-order valence-corrected chi connectivity index (χ4v) is 10.5. The number of benzene rings is 2. The van der Waals surface area contributed by atoms with E-state index in [0.29, 0.717) is 42.5 Å². The van der Waals surface area contributed by atoms with Crippen LogP contribution in [0.4, 0.5) is 26.3 Å². The molecule has 0 bridgehead atoms. The highest BCUT2D eigenvalue weighted by atomic mass is 31.2. The Morgan fingerprint density at radius 1 is 0.732 bits per heavy atom. The Morgan fingerprint density at radius 3 is 1.41 bits per heavy atom. The van der Waals surface area contributed by atoms with E-state index < -0.39 is 47.7 Å². The van der Waals surface area contributed by atoms with Gasteiger partial charge in [0.25, 0.3) is 0 Å². The third kappa shape index (κ3) is 10.1. The van der Waals surface area contributed by atoms with Gasteiger partial charge in [0, 0.05) is 14.4 Å². The van der Waals surface area contributed by atoms with Gasteiger partial charge in [-0.1, -0.05) is 76.4 Å². The summed E-state index contributed by atoms with van der Waals surface area (Å²) in [6.07, 6.45) is 3.26. The van der Waals surface area contributed by atoms with Gasteiger partial charge in [-0.2, -0.15) is 26.3 Å². The lowest BCUT2D eigenvalue weighted by molar-refractivity contribution is -0.289. The number of ether oxygens (including phenoxy) is 1. The highest BCUT2D eigenvalue weighted by Crippen LogP contribution is 2.61. The first-order chi connectivity index (χ1) is 19.1. The molecule has 0 saturated heterocycles. The van der Waals surface area contributed by atoms with Crippen LogP contribution in [0.15, 0.2) is 48.5 Å². The molecular weight excluding hydrogens is 565 g/mol. The summed E-state index contributed by atoms with van der Waals surface area (Å²) in [4.78, 5) is 0. The number of halogens is 6. The first-order valence-electron chi connectivity index (χ1n) is 14.2. The van der Waals surface area contributed by atoms with E-state index in [1.54, 1.807) is 0 Å². The topological polar surface area (TPSA) is 52.5 Å². The van der Waals surface area contributed by atoms with Crippen LogP contribution in [0.5, 0.6) is 11.5 Å². The highest BCUT2D eigenvalue weighted by Gasteiger charge is 2.72. The fraction of sp³-hybridized carbons (Fsp3) is 0.613. The lowest BCUT2D eigenvalue weighted by atomic mass is 9.73. The van der Waals surface area contributed by atoms with Crippen molar-refractivity contribution in [2.24, 2.45) is 0 Å². The monoisotopic (exact) mass is 610 g/mol. The molecule has 0 aliphatic heterocycles. The predicted octanol–water partition coefficient (Wildman–Crippen LogP) is 9.32.